The molecule has 3 unspecified atom stereocenters. The molecule has 8 heteroatoms. The average molecular weight is 402 g/mol. The van der Waals surface area contributed by atoms with Crippen molar-refractivity contribution in [3.05, 3.63) is 33.9 Å². The molecule has 158 valence electrons. The number of carbonyl (C=O) groups excluding carboxylic acids is 2. The Labute approximate surface area is 171 Å². The van der Waals surface area contributed by atoms with Crippen molar-refractivity contribution in [2.45, 2.75) is 46.1 Å². The molecule has 0 bridgehead atoms. The number of piperazine rings is 1. The standard InChI is InChI=1S/C21H30N4O4/c1-14-5-4-6-18(15(14)2)22-21(27)17-7-8-19(20(13-17)25(28)29)24-11-9-23(10-12-24)16(3)26/h7-8,13-15,18H,4-6,9-12H2,1-3H3,(H,22,27). The lowest BCUT2D eigenvalue weighted by atomic mass is 9.78. The van der Waals surface area contributed by atoms with E-state index in [1.807, 2.05) is 4.90 Å². The molecule has 1 heterocycles. The maximum absolute atomic E-state index is 12.8. The summed E-state index contributed by atoms with van der Waals surface area (Å²) in [6, 6.07) is 4.79. The van der Waals surface area contributed by atoms with Gasteiger partial charge in [-0.25, -0.2) is 0 Å². The molecule has 2 amide bonds. The van der Waals surface area contributed by atoms with Gasteiger partial charge in [0.15, 0.2) is 0 Å². The molecule has 3 atom stereocenters. The van der Waals surface area contributed by atoms with Crippen LogP contribution in [0.4, 0.5) is 11.4 Å². The van der Waals surface area contributed by atoms with E-state index in [0.29, 0.717) is 49.3 Å². The minimum atomic E-state index is -0.436. The molecule has 2 aliphatic rings. The van der Waals surface area contributed by atoms with Crippen LogP contribution in [0.25, 0.3) is 0 Å². The molecule has 2 fully saturated rings. The number of hydrogen-bond donors (Lipinski definition) is 1. The van der Waals surface area contributed by atoms with Gasteiger partial charge in [0.05, 0.1) is 4.92 Å². The number of nitro benzene ring substituents is 1. The number of benzene rings is 1. The van der Waals surface area contributed by atoms with Gasteiger partial charge in [0, 0.05) is 50.8 Å². The van der Waals surface area contributed by atoms with Crippen LogP contribution in [0.2, 0.25) is 0 Å². The zero-order valence-corrected chi connectivity index (χ0v) is 17.4. The lowest BCUT2D eigenvalue weighted by molar-refractivity contribution is -0.384. The number of anilines is 1. The van der Waals surface area contributed by atoms with Gasteiger partial charge < -0.3 is 15.1 Å². The van der Waals surface area contributed by atoms with E-state index in [9.17, 15) is 19.7 Å². The summed E-state index contributed by atoms with van der Waals surface area (Å²) < 4.78 is 0. The minimum absolute atomic E-state index is 0.0115. The molecule has 1 aliphatic carbocycles. The minimum Gasteiger partial charge on any atom is -0.362 e. The SMILES string of the molecule is CC(=O)N1CCN(c2ccc(C(=O)NC3CCCC(C)C3C)cc2[N+](=O)[O-])CC1. The van der Waals surface area contributed by atoms with Gasteiger partial charge >= 0.3 is 0 Å². The van der Waals surface area contributed by atoms with Gasteiger partial charge in [-0.3, -0.25) is 19.7 Å². The molecule has 29 heavy (non-hydrogen) atoms. The van der Waals surface area contributed by atoms with Crippen LogP contribution in [0, 0.1) is 22.0 Å². The molecule has 1 saturated heterocycles. The fourth-order valence-electron chi connectivity index (χ4n) is 4.38. The van der Waals surface area contributed by atoms with Crippen LogP contribution in [0.3, 0.4) is 0 Å². The summed E-state index contributed by atoms with van der Waals surface area (Å²) in [6.07, 6.45) is 3.20. The van der Waals surface area contributed by atoms with Crippen molar-refractivity contribution in [3.63, 3.8) is 0 Å². The molecular weight excluding hydrogens is 372 g/mol. The van der Waals surface area contributed by atoms with Gasteiger partial charge in [-0.05, 0) is 30.4 Å². The van der Waals surface area contributed by atoms with E-state index in [-0.39, 0.29) is 23.5 Å². The highest BCUT2D eigenvalue weighted by Crippen LogP contribution is 2.32. The van der Waals surface area contributed by atoms with Gasteiger partial charge in [-0.15, -0.1) is 0 Å². The summed E-state index contributed by atoms with van der Waals surface area (Å²) in [5.41, 5.74) is 0.738. The van der Waals surface area contributed by atoms with Crippen molar-refractivity contribution >= 4 is 23.2 Å². The van der Waals surface area contributed by atoms with Gasteiger partial charge in [0.25, 0.3) is 11.6 Å². The Morgan fingerprint density at radius 2 is 1.83 bits per heavy atom. The molecule has 1 saturated carbocycles. The molecule has 1 N–H and O–H groups in total. The summed E-state index contributed by atoms with van der Waals surface area (Å²) in [4.78, 5) is 39.1. The summed E-state index contributed by atoms with van der Waals surface area (Å²) >= 11 is 0. The number of carbonyl (C=O) groups is 2. The van der Waals surface area contributed by atoms with E-state index in [0.717, 1.165) is 12.8 Å². The number of nitro groups is 1. The third kappa shape index (κ3) is 4.68. The number of amides is 2. The van der Waals surface area contributed by atoms with Gasteiger partial charge in [0.2, 0.25) is 5.91 Å². The molecule has 0 aromatic heterocycles. The van der Waals surface area contributed by atoms with Crippen LogP contribution in [0.15, 0.2) is 18.2 Å². The zero-order valence-electron chi connectivity index (χ0n) is 17.4. The van der Waals surface area contributed by atoms with Crippen molar-refractivity contribution in [2.75, 3.05) is 31.1 Å². The maximum atomic E-state index is 12.8. The zero-order chi connectivity index (χ0) is 21.1. The second kappa shape index (κ2) is 8.80. The summed E-state index contributed by atoms with van der Waals surface area (Å²) in [6.45, 7) is 8.01. The van der Waals surface area contributed by atoms with Crippen LogP contribution >= 0.6 is 0 Å². The first-order chi connectivity index (χ1) is 13.8. The summed E-state index contributed by atoms with van der Waals surface area (Å²) in [7, 11) is 0. The van der Waals surface area contributed by atoms with Gasteiger partial charge in [-0.2, -0.15) is 0 Å². The number of nitrogens with one attached hydrogen (secondary N) is 1. The fourth-order valence-corrected chi connectivity index (χ4v) is 4.38. The van der Waals surface area contributed by atoms with E-state index < -0.39 is 4.92 Å². The highest BCUT2D eigenvalue weighted by Gasteiger charge is 2.30. The Morgan fingerprint density at radius 3 is 2.45 bits per heavy atom. The lowest BCUT2D eigenvalue weighted by Gasteiger charge is -2.35. The van der Waals surface area contributed by atoms with E-state index in [2.05, 4.69) is 19.2 Å². The lowest BCUT2D eigenvalue weighted by Crippen LogP contribution is -2.48. The van der Waals surface area contributed by atoms with Crippen LogP contribution in [-0.2, 0) is 4.79 Å². The predicted molar refractivity (Wildman–Crippen MR) is 111 cm³/mol. The van der Waals surface area contributed by atoms with Gasteiger partial charge in [-0.1, -0.05) is 26.7 Å². The Morgan fingerprint density at radius 1 is 1.14 bits per heavy atom. The Hall–Kier alpha value is -2.64. The van der Waals surface area contributed by atoms with Crippen LogP contribution < -0.4 is 10.2 Å². The highest BCUT2D eigenvalue weighted by molar-refractivity contribution is 5.96. The molecule has 8 nitrogen and oxygen atoms in total. The summed E-state index contributed by atoms with van der Waals surface area (Å²) in [5, 5.41) is 14.8. The molecular formula is C21H30N4O4. The van der Waals surface area contributed by atoms with Crippen molar-refractivity contribution in [2.24, 2.45) is 11.8 Å². The van der Waals surface area contributed by atoms with Crippen LogP contribution in [0.1, 0.15) is 50.4 Å². The van der Waals surface area contributed by atoms with Crippen molar-refractivity contribution in [1.82, 2.24) is 10.2 Å². The third-order valence-electron chi connectivity index (χ3n) is 6.52. The quantitative estimate of drug-likeness (QED) is 0.617. The van der Waals surface area contributed by atoms with E-state index in [4.69, 9.17) is 0 Å². The fraction of sp³-hybridized carbons (Fsp3) is 0.619. The smallest absolute Gasteiger partial charge is 0.293 e. The van der Waals surface area contributed by atoms with Crippen LogP contribution in [0.5, 0.6) is 0 Å². The monoisotopic (exact) mass is 402 g/mol. The first-order valence-electron chi connectivity index (χ1n) is 10.4. The normalized spacial score (nSPS) is 24.9. The van der Waals surface area contributed by atoms with E-state index >= 15 is 0 Å². The molecule has 0 radical (unpaired) electrons. The Balaban J connectivity index is 1.75. The molecule has 1 aromatic carbocycles. The van der Waals surface area contributed by atoms with E-state index in [1.165, 1.54) is 19.4 Å². The first-order valence-corrected chi connectivity index (χ1v) is 10.4. The average Bonchev–Trinajstić information content (AvgIpc) is 2.71. The number of nitrogens with zero attached hydrogens (tertiary/aromatic N) is 3. The number of hydrogen-bond acceptors (Lipinski definition) is 5. The van der Waals surface area contributed by atoms with Crippen LogP contribution in [-0.4, -0.2) is 53.9 Å². The second-order valence-electron chi connectivity index (χ2n) is 8.30. The van der Waals surface area contributed by atoms with Crippen molar-refractivity contribution < 1.29 is 14.5 Å². The van der Waals surface area contributed by atoms with Gasteiger partial charge in [0.1, 0.15) is 5.69 Å². The second-order valence-corrected chi connectivity index (χ2v) is 8.30. The Kier molecular flexibility index (Phi) is 6.39. The highest BCUT2D eigenvalue weighted by atomic mass is 16.6. The Bertz CT molecular complexity index is 789. The summed E-state index contributed by atoms with van der Waals surface area (Å²) in [5.74, 6) is 0.698. The largest absolute Gasteiger partial charge is 0.362 e. The topological polar surface area (TPSA) is 95.8 Å². The third-order valence-corrected chi connectivity index (χ3v) is 6.52. The molecule has 0 spiro atoms. The number of rotatable bonds is 4. The van der Waals surface area contributed by atoms with Crippen molar-refractivity contribution in [3.8, 4) is 0 Å². The molecule has 1 aromatic rings. The van der Waals surface area contributed by atoms with Crippen molar-refractivity contribution in [1.29, 1.82) is 0 Å². The predicted octanol–water partition coefficient (Wildman–Crippen LogP) is 2.82. The maximum Gasteiger partial charge on any atom is 0.293 e. The molecule has 3 rings (SSSR count). The van der Waals surface area contributed by atoms with E-state index in [1.54, 1.807) is 17.0 Å². The first kappa shape index (κ1) is 21.1. The molecule has 1 aliphatic heterocycles.